The summed E-state index contributed by atoms with van der Waals surface area (Å²) in [4.78, 5) is 23.1. The average molecular weight is 448 g/mol. The molecule has 0 saturated carbocycles. The Hall–Kier alpha value is -0.713. The Bertz CT molecular complexity index is 664. The van der Waals surface area contributed by atoms with E-state index in [1.54, 1.807) is 18.2 Å². The highest BCUT2D eigenvalue weighted by atomic mass is 79.9. The molecule has 2 rings (SSSR count). The Balaban J connectivity index is 2.09. The van der Waals surface area contributed by atoms with Crippen LogP contribution in [0.25, 0.3) is 0 Å². The van der Waals surface area contributed by atoms with Gasteiger partial charge in [0.25, 0.3) is 11.7 Å². The van der Waals surface area contributed by atoms with Crippen LogP contribution < -0.4 is 0 Å². The van der Waals surface area contributed by atoms with Gasteiger partial charge in [-0.3, -0.25) is 13.9 Å². The van der Waals surface area contributed by atoms with Crippen LogP contribution in [0.1, 0.15) is 21.2 Å². The smallest absolute Gasteiger partial charge is 0.296 e. The third kappa shape index (κ3) is 4.93. The first-order valence-electron chi connectivity index (χ1n) is 7.82. The second-order valence-electron chi connectivity index (χ2n) is 7.14. The highest BCUT2D eigenvalue weighted by molar-refractivity contribution is 9.10. The van der Waals surface area contributed by atoms with Gasteiger partial charge >= 0.3 is 0 Å². The predicted molar refractivity (Wildman–Crippen MR) is 103 cm³/mol. The number of rotatable bonds is 7. The molecule has 1 amide bonds. The fraction of sp³-hybridized carbons (Fsp3) is 0.500. The van der Waals surface area contributed by atoms with Crippen molar-refractivity contribution in [2.45, 2.75) is 36.7 Å². The van der Waals surface area contributed by atoms with Gasteiger partial charge in [0.2, 0.25) is 0 Å². The van der Waals surface area contributed by atoms with E-state index in [1.165, 1.54) is 4.31 Å². The van der Waals surface area contributed by atoms with Crippen molar-refractivity contribution in [2.24, 2.45) is 0 Å². The number of benzene rings is 1. The SMILES string of the molecule is C[Si](C)(C)CCOCN1SC(c2ccc(C=O)cc2Br)C(O)(O)C1=O. The summed E-state index contributed by atoms with van der Waals surface area (Å²) in [5, 5.41) is 19.7. The van der Waals surface area contributed by atoms with Gasteiger partial charge in [-0.15, -0.1) is 0 Å². The van der Waals surface area contributed by atoms with Gasteiger partial charge in [-0.05, 0) is 29.6 Å². The monoisotopic (exact) mass is 447 g/mol. The van der Waals surface area contributed by atoms with Gasteiger partial charge in [-0.25, -0.2) is 0 Å². The molecule has 1 aromatic carbocycles. The molecule has 0 spiro atoms. The zero-order valence-corrected chi connectivity index (χ0v) is 17.8. The van der Waals surface area contributed by atoms with E-state index in [4.69, 9.17) is 4.74 Å². The summed E-state index contributed by atoms with van der Waals surface area (Å²) in [6.07, 6.45) is 0.700. The summed E-state index contributed by atoms with van der Waals surface area (Å²) in [6.45, 7) is 7.23. The lowest BCUT2D eigenvalue weighted by Gasteiger charge is -2.20. The van der Waals surface area contributed by atoms with Crippen molar-refractivity contribution in [1.29, 1.82) is 0 Å². The number of carbonyl (C=O) groups excluding carboxylic acids is 2. The largest absolute Gasteiger partial charge is 0.360 e. The molecule has 1 aromatic rings. The number of nitrogens with zero attached hydrogens (tertiary/aromatic N) is 1. The highest BCUT2D eigenvalue weighted by Crippen LogP contribution is 2.49. The van der Waals surface area contributed by atoms with Gasteiger partial charge in [-0.2, -0.15) is 0 Å². The summed E-state index contributed by atoms with van der Waals surface area (Å²) >= 11 is 4.34. The summed E-state index contributed by atoms with van der Waals surface area (Å²) in [7, 11) is -1.23. The van der Waals surface area contributed by atoms with Crippen molar-refractivity contribution < 1.29 is 24.5 Å². The van der Waals surface area contributed by atoms with E-state index < -0.39 is 25.0 Å². The molecule has 1 atom stereocenters. The number of aldehydes is 1. The fourth-order valence-corrected chi connectivity index (χ4v) is 4.98. The van der Waals surface area contributed by atoms with Gasteiger partial charge in [0.05, 0.1) is 0 Å². The van der Waals surface area contributed by atoms with Gasteiger partial charge < -0.3 is 14.9 Å². The lowest BCUT2D eigenvalue weighted by Crippen LogP contribution is -2.43. The normalized spacial score (nSPS) is 20.2. The van der Waals surface area contributed by atoms with Crippen molar-refractivity contribution >= 4 is 48.1 Å². The molecule has 25 heavy (non-hydrogen) atoms. The van der Waals surface area contributed by atoms with Gasteiger partial charge in [-0.1, -0.05) is 47.7 Å². The molecule has 1 aliphatic heterocycles. The zero-order valence-electron chi connectivity index (χ0n) is 14.4. The number of hydrogen-bond acceptors (Lipinski definition) is 6. The van der Waals surface area contributed by atoms with Crippen LogP contribution in [0.3, 0.4) is 0 Å². The minimum Gasteiger partial charge on any atom is -0.360 e. The molecule has 2 N–H and O–H groups in total. The van der Waals surface area contributed by atoms with E-state index >= 15 is 0 Å². The number of carbonyl (C=O) groups is 2. The second-order valence-corrected chi connectivity index (χ2v) is 14.7. The minimum absolute atomic E-state index is 0.00259. The molecule has 0 aromatic heterocycles. The highest BCUT2D eigenvalue weighted by Gasteiger charge is 2.54. The van der Waals surface area contributed by atoms with Crippen molar-refractivity contribution in [3.8, 4) is 0 Å². The molecule has 1 heterocycles. The van der Waals surface area contributed by atoms with Crippen LogP contribution in [-0.2, 0) is 9.53 Å². The molecular weight excluding hydrogens is 426 g/mol. The maximum absolute atomic E-state index is 12.3. The topological polar surface area (TPSA) is 87.1 Å². The molecule has 6 nitrogen and oxygen atoms in total. The molecular formula is C16H22BrNO5SSi. The number of hydrogen-bond donors (Lipinski definition) is 2. The lowest BCUT2D eigenvalue weighted by molar-refractivity contribution is -0.188. The molecule has 1 unspecified atom stereocenters. The second kappa shape index (κ2) is 7.89. The van der Waals surface area contributed by atoms with E-state index in [2.05, 4.69) is 35.6 Å². The Labute approximate surface area is 160 Å². The fourth-order valence-electron chi connectivity index (χ4n) is 2.26. The first-order chi connectivity index (χ1) is 11.6. The van der Waals surface area contributed by atoms with Crippen LogP contribution in [-0.4, -0.2) is 53.9 Å². The zero-order chi connectivity index (χ0) is 18.8. The average Bonchev–Trinajstić information content (AvgIpc) is 2.74. The van der Waals surface area contributed by atoms with Crippen LogP contribution >= 0.6 is 27.9 Å². The number of ether oxygens (including phenoxy) is 1. The Morgan fingerprint density at radius 3 is 2.64 bits per heavy atom. The van der Waals surface area contributed by atoms with Crippen LogP contribution in [0.2, 0.25) is 25.7 Å². The van der Waals surface area contributed by atoms with Gasteiger partial charge in [0.15, 0.2) is 0 Å². The number of halogens is 1. The molecule has 138 valence electrons. The summed E-state index contributed by atoms with van der Waals surface area (Å²) in [5.41, 5.74) is 0.983. The van der Waals surface area contributed by atoms with Crippen LogP contribution in [0, 0.1) is 0 Å². The first-order valence-corrected chi connectivity index (χ1v) is 13.2. The van der Waals surface area contributed by atoms with Crippen LogP contribution in [0.5, 0.6) is 0 Å². The van der Waals surface area contributed by atoms with Gasteiger partial charge in [0, 0.05) is 24.7 Å². The van der Waals surface area contributed by atoms with Crippen molar-refractivity contribution in [2.75, 3.05) is 13.3 Å². The summed E-state index contributed by atoms with van der Waals surface area (Å²) in [5.74, 6) is -3.33. The Morgan fingerprint density at radius 2 is 2.08 bits per heavy atom. The van der Waals surface area contributed by atoms with Crippen LogP contribution in [0.4, 0.5) is 0 Å². The maximum Gasteiger partial charge on any atom is 0.296 e. The van der Waals surface area contributed by atoms with Crippen molar-refractivity contribution in [3.63, 3.8) is 0 Å². The summed E-state index contributed by atoms with van der Waals surface area (Å²) < 4.78 is 7.32. The van der Waals surface area contributed by atoms with Crippen LogP contribution in [0.15, 0.2) is 22.7 Å². The van der Waals surface area contributed by atoms with E-state index in [0.29, 0.717) is 28.5 Å². The first kappa shape index (κ1) is 20.6. The summed E-state index contributed by atoms with van der Waals surface area (Å²) in [6, 6.07) is 5.72. The number of aliphatic hydroxyl groups is 2. The molecule has 0 aliphatic carbocycles. The van der Waals surface area contributed by atoms with E-state index in [9.17, 15) is 19.8 Å². The molecule has 0 bridgehead atoms. The Morgan fingerprint density at radius 1 is 1.40 bits per heavy atom. The molecule has 1 saturated heterocycles. The number of amides is 1. The van der Waals surface area contributed by atoms with Gasteiger partial charge in [0.1, 0.15) is 18.3 Å². The molecule has 0 radical (unpaired) electrons. The van der Waals surface area contributed by atoms with E-state index in [-0.39, 0.29) is 6.73 Å². The van der Waals surface area contributed by atoms with Crippen molar-refractivity contribution in [1.82, 2.24) is 4.31 Å². The van der Waals surface area contributed by atoms with Crippen molar-refractivity contribution in [3.05, 3.63) is 33.8 Å². The third-order valence-corrected chi connectivity index (χ3v) is 7.50. The molecule has 1 aliphatic rings. The standard InChI is InChI=1S/C16H22BrNO5SSi/c1-25(2,3)7-6-23-10-18-15(20)16(21,22)14(24-18)12-5-4-11(9-19)8-13(12)17/h4-5,8-9,14,21-22H,6-7,10H2,1-3H3. The maximum atomic E-state index is 12.3. The minimum atomic E-state index is -2.53. The lowest BCUT2D eigenvalue weighted by atomic mass is 10.0. The Kier molecular flexibility index (Phi) is 6.50. The third-order valence-electron chi connectivity index (χ3n) is 3.79. The van der Waals surface area contributed by atoms with E-state index in [0.717, 1.165) is 18.0 Å². The molecule has 1 fully saturated rings. The quantitative estimate of drug-likeness (QED) is 0.219. The van der Waals surface area contributed by atoms with E-state index in [1.807, 2.05) is 0 Å². The molecule has 9 heteroatoms. The predicted octanol–water partition coefficient (Wildman–Crippen LogP) is 2.79.